The number of ether oxygens (including phenoxy) is 3. The standard InChI is InChI=1S/C25H27N3O5/c1-5-33-25(30)18-13-26-23-21(32-4)10-9-20(31-3)22(23)24(18)28-12-11-17-16(14-28)7-6-8-19(17)27-15(2)29/h6-10,13H,5,11-12,14H2,1-4H3,(H,27,29). The number of esters is 1. The van der Waals surface area contributed by atoms with Gasteiger partial charge in [0.05, 0.1) is 31.9 Å². The van der Waals surface area contributed by atoms with E-state index in [9.17, 15) is 9.59 Å². The summed E-state index contributed by atoms with van der Waals surface area (Å²) in [6.07, 6.45) is 2.24. The Hall–Kier alpha value is -3.81. The SMILES string of the molecule is CCOC(=O)c1cnc2c(OC)ccc(OC)c2c1N1CCc2c(cccc2NC(C)=O)C1. The third-order valence-electron chi connectivity index (χ3n) is 5.75. The molecule has 1 aliphatic heterocycles. The molecule has 1 amide bonds. The number of pyridine rings is 1. The molecule has 1 aliphatic rings. The first-order valence-electron chi connectivity index (χ1n) is 10.8. The lowest BCUT2D eigenvalue weighted by molar-refractivity contribution is -0.114. The number of hydrogen-bond acceptors (Lipinski definition) is 7. The number of hydrogen-bond donors (Lipinski definition) is 1. The van der Waals surface area contributed by atoms with Crippen molar-refractivity contribution < 1.29 is 23.8 Å². The van der Waals surface area contributed by atoms with Crippen LogP contribution in [-0.2, 0) is 22.5 Å². The van der Waals surface area contributed by atoms with Crippen molar-refractivity contribution in [2.45, 2.75) is 26.8 Å². The van der Waals surface area contributed by atoms with Gasteiger partial charge in [0.15, 0.2) is 0 Å². The smallest absolute Gasteiger partial charge is 0.341 e. The average Bonchev–Trinajstić information content (AvgIpc) is 2.82. The van der Waals surface area contributed by atoms with Crippen LogP contribution in [0.15, 0.2) is 36.5 Å². The van der Waals surface area contributed by atoms with Gasteiger partial charge in [0, 0.05) is 31.9 Å². The summed E-state index contributed by atoms with van der Waals surface area (Å²) >= 11 is 0. The van der Waals surface area contributed by atoms with Crippen molar-refractivity contribution in [3.05, 3.63) is 53.2 Å². The van der Waals surface area contributed by atoms with E-state index in [4.69, 9.17) is 14.2 Å². The quantitative estimate of drug-likeness (QED) is 0.570. The summed E-state index contributed by atoms with van der Waals surface area (Å²) in [7, 11) is 3.18. The molecule has 33 heavy (non-hydrogen) atoms. The second-order valence-corrected chi connectivity index (χ2v) is 7.73. The Labute approximate surface area is 192 Å². The van der Waals surface area contributed by atoms with Crippen molar-refractivity contribution in [3.8, 4) is 11.5 Å². The highest BCUT2D eigenvalue weighted by molar-refractivity contribution is 6.09. The van der Waals surface area contributed by atoms with Crippen molar-refractivity contribution in [1.82, 2.24) is 4.98 Å². The fourth-order valence-electron chi connectivity index (χ4n) is 4.36. The van der Waals surface area contributed by atoms with E-state index in [1.807, 2.05) is 24.3 Å². The van der Waals surface area contributed by atoms with Gasteiger partial charge in [-0.15, -0.1) is 0 Å². The molecule has 1 N–H and O–H groups in total. The molecule has 8 nitrogen and oxygen atoms in total. The third-order valence-corrected chi connectivity index (χ3v) is 5.75. The van der Waals surface area contributed by atoms with Crippen molar-refractivity contribution >= 4 is 34.2 Å². The lowest BCUT2D eigenvalue weighted by atomic mass is 9.96. The number of rotatable bonds is 6. The first-order chi connectivity index (χ1) is 16.0. The number of fused-ring (bicyclic) bond motifs is 2. The molecule has 4 rings (SSSR count). The molecule has 0 atom stereocenters. The third kappa shape index (κ3) is 4.16. The molecule has 0 bridgehead atoms. The molecule has 0 unspecified atom stereocenters. The topological polar surface area (TPSA) is 90.0 Å². The van der Waals surface area contributed by atoms with Gasteiger partial charge in [-0.3, -0.25) is 9.78 Å². The largest absolute Gasteiger partial charge is 0.496 e. The minimum Gasteiger partial charge on any atom is -0.496 e. The molecule has 3 aromatic rings. The summed E-state index contributed by atoms with van der Waals surface area (Å²) in [5, 5.41) is 3.62. The van der Waals surface area contributed by atoms with E-state index in [0.717, 1.165) is 16.8 Å². The summed E-state index contributed by atoms with van der Waals surface area (Å²) in [5.74, 6) is 0.641. The van der Waals surface area contributed by atoms with Crippen LogP contribution in [0.3, 0.4) is 0 Å². The van der Waals surface area contributed by atoms with Crippen LogP contribution >= 0.6 is 0 Å². The number of carbonyl (C=O) groups excluding carboxylic acids is 2. The van der Waals surface area contributed by atoms with E-state index < -0.39 is 5.97 Å². The zero-order chi connectivity index (χ0) is 23.5. The second kappa shape index (κ2) is 9.36. The predicted molar refractivity (Wildman–Crippen MR) is 126 cm³/mol. The maximum atomic E-state index is 12.9. The minimum absolute atomic E-state index is 0.104. The number of aromatic nitrogens is 1. The van der Waals surface area contributed by atoms with Crippen LogP contribution < -0.4 is 19.7 Å². The number of benzene rings is 2. The van der Waals surface area contributed by atoms with E-state index in [-0.39, 0.29) is 12.5 Å². The second-order valence-electron chi connectivity index (χ2n) is 7.73. The van der Waals surface area contributed by atoms with Crippen LogP contribution in [0.1, 0.15) is 35.3 Å². The van der Waals surface area contributed by atoms with Gasteiger partial charge in [0.2, 0.25) is 5.91 Å². The lowest BCUT2D eigenvalue weighted by Gasteiger charge is -2.34. The molecule has 1 aromatic heterocycles. The fourth-order valence-corrected chi connectivity index (χ4v) is 4.36. The van der Waals surface area contributed by atoms with E-state index in [1.165, 1.54) is 6.92 Å². The fraction of sp³-hybridized carbons (Fsp3) is 0.320. The van der Waals surface area contributed by atoms with Crippen molar-refractivity contribution in [2.24, 2.45) is 0 Å². The number of nitrogens with zero attached hydrogens (tertiary/aromatic N) is 2. The molecule has 8 heteroatoms. The first-order valence-corrected chi connectivity index (χ1v) is 10.8. The van der Waals surface area contributed by atoms with Crippen molar-refractivity contribution in [2.75, 3.05) is 37.6 Å². The normalized spacial score (nSPS) is 12.8. The van der Waals surface area contributed by atoms with E-state index in [0.29, 0.717) is 53.2 Å². The molecule has 0 fully saturated rings. The number of carbonyl (C=O) groups is 2. The summed E-state index contributed by atoms with van der Waals surface area (Å²) in [5.41, 5.74) is 4.68. The van der Waals surface area contributed by atoms with Gasteiger partial charge in [-0.1, -0.05) is 12.1 Å². The van der Waals surface area contributed by atoms with Gasteiger partial charge < -0.3 is 24.4 Å². The maximum Gasteiger partial charge on any atom is 0.341 e. The lowest BCUT2D eigenvalue weighted by Crippen LogP contribution is -2.32. The van der Waals surface area contributed by atoms with Crippen LogP contribution in [0, 0.1) is 0 Å². The summed E-state index contributed by atoms with van der Waals surface area (Å²) in [6, 6.07) is 9.49. The van der Waals surface area contributed by atoms with Crippen molar-refractivity contribution in [3.63, 3.8) is 0 Å². The Morgan fingerprint density at radius 1 is 1.12 bits per heavy atom. The van der Waals surface area contributed by atoms with Gasteiger partial charge in [-0.25, -0.2) is 4.79 Å². The molecule has 0 saturated heterocycles. The molecule has 0 spiro atoms. The number of methoxy groups -OCH3 is 2. The Kier molecular flexibility index (Phi) is 6.35. The molecule has 0 saturated carbocycles. The Balaban J connectivity index is 1.90. The molecule has 0 aliphatic carbocycles. The van der Waals surface area contributed by atoms with E-state index in [1.54, 1.807) is 33.4 Å². The van der Waals surface area contributed by atoms with E-state index >= 15 is 0 Å². The number of nitrogens with one attached hydrogen (secondary N) is 1. The van der Waals surface area contributed by atoms with Crippen LogP contribution in [0.2, 0.25) is 0 Å². The number of anilines is 2. The highest BCUT2D eigenvalue weighted by atomic mass is 16.5. The number of amides is 1. The van der Waals surface area contributed by atoms with Gasteiger partial charge in [-0.2, -0.15) is 0 Å². The highest BCUT2D eigenvalue weighted by Gasteiger charge is 2.28. The van der Waals surface area contributed by atoms with Gasteiger partial charge >= 0.3 is 5.97 Å². The predicted octanol–water partition coefficient (Wildman–Crippen LogP) is 3.95. The first kappa shape index (κ1) is 22.4. The molecule has 0 radical (unpaired) electrons. The molecule has 2 aromatic carbocycles. The van der Waals surface area contributed by atoms with Crippen LogP contribution in [-0.4, -0.2) is 44.2 Å². The zero-order valence-electron chi connectivity index (χ0n) is 19.2. The molecular weight excluding hydrogens is 422 g/mol. The van der Waals surface area contributed by atoms with Crippen LogP contribution in [0.25, 0.3) is 10.9 Å². The van der Waals surface area contributed by atoms with Gasteiger partial charge in [-0.05, 0) is 42.7 Å². The van der Waals surface area contributed by atoms with E-state index in [2.05, 4.69) is 15.2 Å². The monoisotopic (exact) mass is 449 g/mol. The summed E-state index contributed by atoms with van der Waals surface area (Å²) in [6.45, 7) is 4.72. The van der Waals surface area contributed by atoms with Crippen LogP contribution in [0.4, 0.5) is 11.4 Å². The molecular formula is C25H27N3O5. The minimum atomic E-state index is -0.440. The maximum absolute atomic E-state index is 12.9. The van der Waals surface area contributed by atoms with Crippen LogP contribution in [0.5, 0.6) is 11.5 Å². The van der Waals surface area contributed by atoms with Gasteiger partial charge in [0.25, 0.3) is 0 Å². The molecule has 172 valence electrons. The average molecular weight is 450 g/mol. The highest BCUT2D eigenvalue weighted by Crippen LogP contribution is 2.42. The Morgan fingerprint density at radius 3 is 2.58 bits per heavy atom. The summed E-state index contributed by atoms with van der Waals surface area (Å²) < 4.78 is 16.5. The Bertz CT molecular complexity index is 1220. The zero-order valence-corrected chi connectivity index (χ0v) is 19.2. The summed E-state index contributed by atoms with van der Waals surface area (Å²) in [4.78, 5) is 31.2. The van der Waals surface area contributed by atoms with Crippen molar-refractivity contribution in [1.29, 1.82) is 0 Å². The van der Waals surface area contributed by atoms with Gasteiger partial charge in [0.1, 0.15) is 22.6 Å². The molecule has 2 heterocycles. The Morgan fingerprint density at radius 2 is 1.88 bits per heavy atom.